The molecule has 0 atom stereocenters. The van der Waals surface area contributed by atoms with Crippen LogP contribution in [0.3, 0.4) is 0 Å². The van der Waals surface area contributed by atoms with Crippen molar-refractivity contribution >= 4 is 0 Å². The zero-order valence-corrected chi connectivity index (χ0v) is 11.9. The van der Waals surface area contributed by atoms with E-state index >= 15 is 0 Å². The molecule has 0 aliphatic heterocycles. The van der Waals surface area contributed by atoms with E-state index in [1.54, 1.807) is 18.3 Å². The second-order valence-electron chi connectivity index (χ2n) is 4.92. The molecule has 1 N–H and O–H groups in total. The van der Waals surface area contributed by atoms with Crippen molar-refractivity contribution in [1.82, 2.24) is 15.3 Å². The van der Waals surface area contributed by atoms with Crippen LogP contribution in [0.4, 0.5) is 4.39 Å². The molecule has 0 saturated carbocycles. The van der Waals surface area contributed by atoms with Gasteiger partial charge in [0.15, 0.2) is 11.6 Å². The number of aromatic nitrogens is 2. The molecular formula is C15H18FN3O. The van der Waals surface area contributed by atoms with E-state index in [1.165, 1.54) is 12.3 Å². The third-order valence-corrected chi connectivity index (χ3v) is 2.67. The van der Waals surface area contributed by atoms with Crippen LogP contribution in [-0.2, 0) is 6.54 Å². The van der Waals surface area contributed by atoms with Crippen LogP contribution < -0.4 is 10.1 Å². The van der Waals surface area contributed by atoms with Crippen LogP contribution in [0.25, 0.3) is 0 Å². The molecule has 1 aromatic carbocycles. The molecular weight excluding hydrogens is 257 g/mol. The van der Waals surface area contributed by atoms with Gasteiger partial charge in [0.05, 0.1) is 18.1 Å². The molecule has 0 radical (unpaired) electrons. The van der Waals surface area contributed by atoms with Crippen LogP contribution >= 0.6 is 0 Å². The van der Waals surface area contributed by atoms with Crippen molar-refractivity contribution in [3.8, 4) is 11.6 Å². The number of halogens is 1. The van der Waals surface area contributed by atoms with Crippen molar-refractivity contribution in [3.63, 3.8) is 0 Å². The second kappa shape index (κ2) is 6.43. The molecule has 0 aliphatic carbocycles. The van der Waals surface area contributed by atoms with Gasteiger partial charge in [0.2, 0.25) is 5.88 Å². The Labute approximate surface area is 118 Å². The minimum atomic E-state index is -0.414. The summed E-state index contributed by atoms with van der Waals surface area (Å²) in [5, 5.41) is 3.24. The van der Waals surface area contributed by atoms with Gasteiger partial charge in [0.1, 0.15) is 0 Å². The Hall–Kier alpha value is -2.01. The highest BCUT2D eigenvalue weighted by atomic mass is 19.1. The van der Waals surface area contributed by atoms with Gasteiger partial charge in [-0.25, -0.2) is 9.37 Å². The Balaban J connectivity index is 2.05. The van der Waals surface area contributed by atoms with E-state index in [4.69, 9.17) is 4.74 Å². The molecule has 1 heterocycles. The van der Waals surface area contributed by atoms with Gasteiger partial charge in [-0.1, -0.05) is 19.9 Å². The summed E-state index contributed by atoms with van der Waals surface area (Å²) in [5.41, 5.74) is 1.74. The Morgan fingerprint density at radius 2 is 2.05 bits per heavy atom. The molecule has 0 amide bonds. The maximum absolute atomic E-state index is 13.6. The lowest BCUT2D eigenvalue weighted by atomic mass is 10.2. The van der Waals surface area contributed by atoms with Gasteiger partial charge in [-0.15, -0.1) is 0 Å². The Bertz CT molecular complexity index is 570. The number of nitrogens with zero attached hydrogens (tertiary/aromatic N) is 2. The number of aryl methyl sites for hydroxylation is 1. The topological polar surface area (TPSA) is 47.0 Å². The SMILES string of the molecule is Cc1ccc(F)c(Oc2cnc(CNC(C)C)cn2)c1. The molecule has 4 nitrogen and oxygen atoms in total. The first-order valence-electron chi connectivity index (χ1n) is 6.53. The van der Waals surface area contributed by atoms with E-state index in [0.29, 0.717) is 12.6 Å². The molecule has 0 saturated heterocycles. The van der Waals surface area contributed by atoms with Crippen molar-refractivity contribution in [2.45, 2.75) is 33.4 Å². The van der Waals surface area contributed by atoms with Crippen molar-refractivity contribution in [3.05, 3.63) is 47.7 Å². The maximum atomic E-state index is 13.6. The third kappa shape index (κ3) is 3.99. The molecule has 20 heavy (non-hydrogen) atoms. The molecule has 2 aromatic rings. The van der Waals surface area contributed by atoms with Crippen LogP contribution in [0.1, 0.15) is 25.1 Å². The van der Waals surface area contributed by atoms with Gasteiger partial charge in [0, 0.05) is 12.6 Å². The molecule has 1 aromatic heterocycles. The van der Waals surface area contributed by atoms with E-state index in [-0.39, 0.29) is 11.6 Å². The summed E-state index contributed by atoms with van der Waals surface area (Å²) in [5.74, 6) is 0.0260. The van der Waals surface area contributed by atoms with Crippen LogP contribution in [0, 0.1) is 12.7 Å². The highest BCUT2D eigenvalue weighted by molar-refractivity contribution is 5.32. The lowest BCUT2D eigenvalue weighted by Gasteiger charge is -2.08. The normalized spacial score (nSPS) is 10.8. The lowest BCUT2D eigenvalue weighted by molar-refractivity contribution is 0.424. The van der Waals surface area contributed by atoms with Gasteiger partial charge in [-0.3, -0.25) is 4.98 Å². The summed E-state index contributed by atoms with van der Waals surface area (Å²) in [7, 11) is 0. The smallest absolute Gasteiger partial charge is 0.237 e. The molecule has 0 spiro atoms. The molecule has 106 valence electrons. The maximum Gasteiger partial charge on any atom is 0.237 e. The van der Waals surface area contributed by atoms with Crippen LogP contribution in [0.15, 0.2) is 30.6 Å². The standard InChI is InChI=1S/C15H18FN3O/c1-10(2)17-7-12-8-19-15(9-18-12)20-14-6-11(3)4-5-13(14)16/h4-6,8-10,17H,7H2,1-3H3. The monoisotopic (exact) mass is 275 g/mol. The lowest BCUT2D eigenvalue weighted by Crippen LogP contribution is -2.22. The molecule has 0 unspecified atom stereocenters. The van der Waals surface area contributed by atoms with E-state index in [2.05, 4.69) is 29.1 Å². The van der Waals surface area contributed by atoms with E-state index < -0.39 is 5.82 Å². The summed E-state index contributed by atoms with van der Waals surface area (Å²) in [6, 6.07) is 5.08. The van der Waals surface area contributed by atoms with Gasteiger partial charge in [0.25, 0.3) is 0 Å². The zero-order chi connectivity index (χ0) is 14.5. The number of nitrogens with one attached hydrogen (secondary N) is 1. The fourth-order valence-corrected chi connectivity index (χ4v) is 1.60. The van der Waals surface area contributed by atoms with Gasteiger partial charge >= 0.3 is 0 Å². The molecule has 0 aliphatic rings. The highest BCUT2D eigenvalue weighted by Gasteiger charge is 2.06. The predicted octanol–water partition coefficient (Wildman–Crippen LogP) is 3.21. The first-order valence-corrected chi connectivity index (χ1v) is 6.53. The highest BCUT2D eigenvalue weighted by Crippen LogP contribution is 2.23. The summed E-state index contributed by atoms with van der Waals surface area (Å²) in [6.45, 7) is 6.64. The molecule has 2 rings (SSSR count). The third-order valence-electron chi connectivity index (χ3n) is 2.67. The summed E-state index contributed by atoms with van der Waals surface area (Å²) in [4.78, 5) is 8.36. The average molecular weight is 275 g/mol. The average Bonchev–Trinajstić information content (AvgIpc) is 2.42. The fraction of sp³-hybridized carbons (Fsp3) is 0.333. The summed E-state index contributed by atoms with van der Waals surface area (Å²) in [6.07, 6.45) is 3.12. The molecule has 0 bridgehead atoms. The fourth-order valence-electron chi connectivity index (χ4n) is 1.60. The number of hydrogen-bond acceptors (Lipinski definition) is 4. The Kier molecular flexibility index (Phi) is 4.63. The van der Waals surface area contributed by atoms with E-state index in [1.807, 2.05) is 6.92 Å². The quantitative estimate of drug-likeness (QED) is 0.910. The van der Waals surface area contributed by atoms with Crippen LogP contribution in [-0.4, -0.2) is 16.0 Å². The van der Waals surface area contributed by atoms with Crippen molar-refractivity contribution in [1.29, 1.82) is 0 Å². The minimum absolute atomic E-state index is 0.160. The first-order chi connectivity index (χ1) is 9.54. The Morgan fingerprint density at radius 3 is 2.70 bits per heavy atom. The van der Waals surface area contributed by atoms with Crippen molar-refractivity contribution in [2.75, 3.05) is 0 Å². The van der Waals surface area contributed by atoms with Crippen LogP contribution in [0.2, 0.25) is 0 Å². The molecule has 0 fully saturated rings. The second-order valence-corrected chi connectivity index (χ2v) is 4.92. The van der Waals surface area contributed by atoms with Crippen LogP contribution in [0.5, 0.6) is 11.6 Å². The largest absolute Gasteiger partial charge is 0.434 e. The molecule has 5 heteroatoms. The minimum Gasteiger partial charge on any atom is -0.434 e. The van der Waals surface area contributed by atoms with Gasteiger partial charge in [-0.05, 0) is 24.6 Å². The van der Waals surface area contributed by atoms with E-state index in [9.17, 15) is 4.39 Å². The first kappa shape index (κ1) is 14.4. The zero-order valence-electron chi connectivity index (χ0n) is 11.9. The van der Waals surface area contributed by atoms with E-state index in [0.717, 1.165) is 11.3 Å². The summed E-state index contributed by atoms with van der Waals surface area (Å²) < 4.78 is 19.0. The van der Waals surface area contributed by atoms with Gasteiger partial charge in [-0.2, -0.15) is 0 Å². The number of rotatable bonds is 5. The number of ether oxygens (including phenoxy) is 1. The van der Waals surface area contributed by atoms with Crippen molar-refractivity contribution in [2.24, 2.45) is 0 Å². The number of hydrogen-bond donors (Lipinski definition) is 1. The predicted molar refractivity (Wildman–Crippen MR) is 75.2 cm³/mol. The van der Waals surface area contributed by atoms with Crippen molar-refractivity contribution < 1.29 is 9.13 Å². The number of benzene rings is 1. The Morgan fingerprint density at radius 1 is 1.25 bits per heavy atom. The van der Waals surface area contributed by atoms with Gasteiger partial charge < -0.3 is 10.1 Å². The summed E-state index contributed by atoms with van der Waals surface area (Å²) >= 11 is 0.